The lowest BCUT2D eigenvalue weighted by Crippen LogP contribution is -2.47. The predicted octanol–water partition coefficient (Wildman–Crippen LogP) is 3.48. The molecule has 0 aromatic heterocycles. The van der Waals surface area contributed by atoms with Crippen LogP contribution in [0.25, 0.3) is 0 Å². The maximum atomic E-state index is 13.2. The van der Waals surface area contributed by atoms with E-state index in [1.807, 2.05) is 56.3 Å². The molecule has 1 atom stereocenters. The quantitative estimate of drug-likeness (QED) is 0.511. The van der Waals surface area contributed by atoms with Crippen molar-refractivity contribution in [3.63, 3.8) is 0 Å². The molecule has 0 heterocycles. The van der Waals surface area contributed by atoms with Crippen molar-refractivity contribution in [1.82, 2.24) is 10.2 Å². The maximum Gasteiger partial charge on any atom is 0.242 e. The minimum absolute atomic E-state index is 0.135. The van der Waals surface area contributed by atoms with E-state index in [-0.39, 0.29) is 24.8 Å². The summed E-state index contributed by atoms with van der Waals surface area (Å²) in [4.78, 5) is 27.3. The van der Waals surface area contributed by atoms with Gasteiger partial charge >= 0.3 is 0 Å². The molecule has 2 amide bonds. The van der Waals surface area contributed by atoms with Gasteiger partial charge in [-0.1, -0.05) is 55.0 Å². The molecule has 0 bridgehead atoms. The van der Waals surface area contributed by atoms with Gasteiger partial charge in [-0.3, -0.25) is 13.9 Å². The van der Waals surface area contributed by atoms with Gasteiger partial charge in [-0.15, -0.1) is 0 Å². The Morgan fingerprint density at radius 3 is 2.24 bits per heavy atom. The van der Waals surface area contributed by atoms with Crippen molar-refractivity contribution in [2.24, 2.45) is 0 Å². The molecule has 0 spiro atoms. The van der Waals surface area contributed by atoms with Crippen molar-refractivity contribution in [2.45, 2.75) is 52.6 Å². The first-order valence-electron chi connectivity index (χ1n) is 11.3. The van der Waals surface area contributed by atoms with Crippen LogP contribution in [0.1, 0.15) is 44.2 Å². The molecule has 1 N–H and O–H groups in total. The number of amides is 2. The van der Waals surface area contributed by atoms with Gasteiger partial charge in [0.2, 0.25) is 21.8 Å². The molecule has 0 saturated heterocycles. The van der Waals surface area contributed by atoms with Crippen LogP contribution < -0.4 is 9.62 Å². The zero-order chi connectivity index (χ0) is 24.4. The molecule has 0 radical (unpaired) electrons. The fraction of sp³-hybridized carbons (Fsp3) is 0.440. The van der Waals surface area contributed by atoms with E-state index >= 15 is 0 Å². The van der Waals surface area contributed by atoms with Crippen LogP contribution in [0.15, 0.2) is 54.6 Å². The van der Waals surface area contributed by atoms with Crippen molar-refractivity contribution < 1.29 is 18.0 Å². The highest BCUT2D eigenvalue weighted by atomic mass is 32.2. The zero-order valence-electron chi connectivity index (χ0n) is 20.0. The number of sulfonamides is 1. The lowest BCUT2D eigenvalue weighted by molar-refractivity contribution is -0.140. The summed E-state index contributed by atoms with van der Waals surface area (Å²) >= 11 is 0. The van der Waals surface area contributed by atoms with Gasteiger partial charge in [-0.05, 0) is 44.4 Å². The van der Waals surface area contributed by atoms with Crippen molar-refractivity contribution in [1.29, 1.82) is 0 Å². The third-order valence-electron chi connectivity index (χ3n) is 5.39. The van der Waals surface area contributed by atoms with Gasteiger partial charge in [-0.2, -0.15) is 0 Å². The van der Waals surface area contributed by atoms with Crippen LogP contribution in [0.2, 0.25) is 0 Å². The van der Waals surface area contributed by atoms with Crippen molar-refractivity contribution in [3.8, 4) is 0 Å². The zero-order valence-corrected chi connectivity index (χ0v) is 20.8. The van der Waals surface area contributed by atoms with Gasteiger partial charge in [0.15, 0.2) is 0 Å². The van der Waals surface area contributed by atoms with Crippen LogP contribution in [0, 0.1) is 6.92 Å². The van der Waals surface area contributed by atoms with Crippen molar-refractivity contribution >= 4 is 27.5 Å². The lowest BCUT2D eigenvalue weighted by Gasteiger charge is -2.29. The molecule has 8 heteroatoms. The molecule has 0 unspecified atom stereocenters. The van der Waals surface area contributed by atoms with Crippen LogP contribution in [0.3, 0.4) is 0 Å². The molecule has 0 fully saturated rings. The van der Waals surface area contributed by atoms with E-state index in [0.717, 1.165) is 23.8 Å². The Morgan fingerprint density at radius 1 is 1.03 bits per heavy atom. The minimum atomic E-state index is -3.49. The SMILES string of the molecule is CCCNC(=O)[C@H](C)N(Cc1ccccc1)C(=O)CCCN(c1ccc(C)cc1)S(C)(=O)=O. The number of rotatable bonds is 12. The van der Waals surface area contributed by atoms with E-state index in [9.17, 15) is 18.0 Å². The highest BCUT2D eigenvalue weighted by Crippen LogP contribution is 2.19. The van der Waals surface area contributed by atoms with Gasteiger partial charge in [0.25, 0.3) is 0 Å². The Bertz CT molecular complexity index is 1010. The second kappa shape index (κ2) is 12.4. The number of carbonyl (C=O) groups excluding carboxylic acids is 2. The third kappa shape index (κ3) is 8.20. The van der Waals surface area contributed by atoms with Crippen molar-refractivity contribution in [2.75, 3.05) is 23.7 Å². The second-order valence-corrected chi connectivity index (χ2v) is 10.2. The first-order chi connectivity index (χ1) is 15.6. The average Bonchev–Trinajstić information content (AvgIpc) is 2.78. The molecule has 0 aliphatic carbocycles. The lowest BCUT2D eigenvalue weighted by atomic mass is 10.1. The number of carbonyl (C=O) groups is 2. The molecule has 2 aromatic carbocycles. The summed E-state index contributed by atoms with van der Waals surface area (Å²) in [5.41, 5.74) is 2.54. The number of benzene rings is 2. The van der Waals surface area contributed by atoms with Crippen LogP contribution in [0.4, 0.5) is 5.69 Å². The summed E-state index contributed by atoms with van der Waals surface area (Å²) in [6, 6.07) is 16.1. The van der Waals surface area contributed by atoms with Crippen LogP contribution in [-0.4, -0.2) is 50.5 Å². The highest BCUT2D eigenvalue weighted by Gasteiger charge is 2.26. The molecule has 0 aliphatic rings. The molecule has 2 aromatic rings. The standard InChI is InChI=1S/C25H35N3O4S/c1-5-17-26-25(30)21(3)27(19-22-10-7-6-8-11-22)24(29)12-9-18-28(33(4,31)32)23-15-13-20(2)14-16-23/h6-8,10-11,13-16,21H,5,9,12,17-19H2,1-4H3,(H,26,30)/t21-/m0/s1. The summed E-state index contributed by atoms with van der Waals surface area (Å²) in [6.07, 6.45) is 2.45. The summed E-state index contributed by atoms with van der Waals surface area (Å²) in [5, 5.41) is 2.85. The first-order valence-corrected chi connectivity index (χ1v) is 13.1. The molecule has 33 heavy (non-hydrogen) atoms. The van der Waals surface area contributed by atoms with Gasteiger partial charge < -0.3 is 10.2 Å². The van der Waals surface area contributed by atoms with Crippen LogP contribution >= 0.6 is 0 Å². The fourth-order valence-electron chi connectivity index (χ4n) is 3.47. The van der Waals surface area contributed by atoms with Gasteiger partial charge in [0.05, 0.1) is 11.9 Å². The number of nitrogens with one attached hydrogen (secondary N) is 1. The molecule has 2 rings (SSSR count). The second-order valence-electron chi connectivity index (χ2n) is 8.25. The average molecular weight is 474 g/mol. The van der Waals surface area contributed by atoms with E-state index in [2.05, 4.69) is 5.32 Å². The number of hydrogen-bond acceptors (Lipinski definition) is 4. The van der Waals surface area contributed by atoms with Gasteiger partial charge in [-0.25, -0.2) is 8.42 Å². The molecule has 7 nitrogen and oxygen atoms in total. The number of nitrogens with zero attached hydrogens (tertiary/aromatic N) is 2. The summed E-state index contributed by atoms with van der Waals surface area (Å²) in [7, 11) is -3.49. The Morgan fingerprint density at radius 2 is 1.67 bits per heavy atom. The Balaban J connectivity index is 2.11. The number of hydrogen-bond donors (Lipinski definition) is 1. The monoisotopic (exact) mass is 473 g/mol. The van der Waals surface area contributed by atoms with E-state index in [1.165, 1.54) is 4.31 Å². The molecular weight excluding hydrogens is 438 g/mol. The van der Waals surface area contributed by atoms with E-state index < -0.39 is 16.1 Å². The first kappa shape index (κ1) is 26.4. The van der Waals surface area contributed by atoms with Gasteiger partial charge in [0.1, 0.15) is 6.04 Å². The number of anilines is 1. The predicted molar refractivity (Wildman–Crippen MR) is 132 cm³/mol. The van der Waals surface area contributed by atoms with Crippen LogP contribution in [0.5, 0.6) is 0 Å². The van der Waals surface area contributed by atoms with Gasteiger partial charge in [0, 0.05) is 26.1 Å². The topological polar surface area (TPSA) is 86.8 Å². The Labute approximate surface area is 197 Å². The molecular formula is C25H35N3O4S. The minimum Gasteiger partial charge on any atom is -0.354 e. The summed E-state index contributed by atoms with van der Waals surface area (Å²) in [6.45, 7) is 6.68. The molecule has 180 valence electrons. The summed E-state index contributed by atoms with van der Waals surface area (Å²) in [5.74, 6) is -0.381. The normalized spacial score (nSPS) is 12.1. The smallest absolute Gasteiger partial charge is 0.242 e. The Kier molecular flexibility index (Phi) is 9.91. The highest BCUT2D eigenvalue weighted by molar-refractivity contribution is 7.92. The maximum absolute atomic E-state index is 13.2. The van der Waals surface area contributed by atoms with E-state index in [0.29, 0.717) is 25.2 Å². The Hall–Kier alpha value is -2.87. The fourth-order valence-corrected chi connectivity index (χ4v) is 4.44. The van der Waals surface area contributed by atoms with Crippen LogP contribution in [-0.2, 0) is 26.2 Å². The summed E-state index contributed by atoms with van der Waals surface area (Å²) < 4.78 is 26.0. The largest absolute Gasteiger partial charge is 0.354 e. The van der Waals surface area contributed by atoms with E-state index in [4.69, 9.17) is 0 Å². The molecule has 0 saturated carbocycles. The third-order valence-corrected chi connectivity index (χ3v) is 6.58. The molecule has 0 aliphatic heterocycles. The van der Waals surface area contributed by atoms with Crippen molar-refractivity contribution in [3.05, 3.63) is 65.7 Å². The van der Waals surface area contributed by atoms with E-state index in [1.54, 1.807) is 24.0 Å². The number of aryl methyl sites for hydroxylation is 1.